The second kappa shape index (κ2) is 3.84. The van der Waals surface area contributed by atoms with Gasteiger partial charge in [-0.3, -0.25) is 0 Å². The fourth-order valence-corrected chi connectivity index (χ4v) is 7.55. The molecule has 2 rings (SSSR count). The van der Waals surface area contributed by atoms with Gasteiger partial charge < -0.3 is 0 Å². The summed E-state index contributed by atoms with van der Waals surface area (Å²) in [7, 11) is -0.923. The first kappa shape index (κ1) is 10.5. The van der Waals surface area contributed by atoms with Gasteiger partial charge >= 0.3 is 0 Å². The molecule has 14 heavy (non-hydrogen) atoms. The van der Waals surface area contributed by atoms with Crippen LogP contribution in [0.25, 0.3) is 0 Å². The van der Waals surface area contributed by atoms with Gasteiger partial charge in [-0.05, 0) is 37.6 Å². The summed E-state index contributed by atoms with van der Waals surface area (Å²) in [6.07, 6.45) is 8.71. The first-order valence-electron chi connectivity index (χ1n) is 6.37. The standard InChI is InChI=1S/C13H24Si/c1-4-5-9-13-12-8-6-7-11(12)10-14(13,2)3/h11H,4-10H2,1-3H3. The highest BCUT2D eigenvalue weighted by atomic mass is 28.3. The molecule has 0 aromatic rings. The molecule has 0 nitrogen and oxygen atoms in total. The quantitative estimate of drug-likeness (QED) is 0.598. The van der Waals surface area contributed by atoms with Gasteiger partial charge in [-0.2, -0.15) is 0 Å². The van der Waals surface area contributed by atoms with E-state index in [1.165, 1.54) is 38.5 Å². The summed E-state index contributed by atoms with van der Waals surface area (Å²) in [4.78, 5) is 0. The molecule has 0 amide bonds. The van der Waals surface area contributed by atoms with Crippen molar-refractivity contribution in [2.24, 2.45) is 5.92 Å². The topological polar surface area (TPSA) is 0 Å². The Kier molecular flexibility index (Phi) is 2.87. The first-order valence-corrected chi connectivity index (χ1v) is 9.58. The molecule has 1 atom stereocenters. The number of allylic oxidation sites excluding steroid dienone is 2. The van der Waals surface area contributed by atoms with Gasteiger partial charge in [-0.1, -0.05) is 43.6 Å². The van der Waals surface area contributed by atoms with Gasteiger partial charge in [0.15, 0.2) is 0 Å². The van der Waals surface area contributed by atoms with E-state index < -0.39 is 8.07 Å². The molecule has 1 unspecified atom stereocenters. The lowest BCUT2D eigenvalue weighted by atomic mass is 10.0. The number of hydrogen-bond donors (Lipinski definition) is 0. The molecule has 2 aliphatic rings. The van der Waals surface area contributed by atoms with Crippen molar-refractivity contribution >= 4 is 8.07 Å². The van der Waals surface area contributed by atoms with Crippen LogP contribution < -0.4 is 0 Å². The van der Waals surface area contributed by atoms with Crippen LogP contribution in [-0.4, -0.2) is 8.07 Å². The highest BCUT2D eigenvalue weighted by Crippen LogP contribution is 2.49. The molecular weight excluding hydrogens is 184 g/mol. The summed E-state index contributed by atoms with van der Waals surface area (Å²) in [5, 5.41) is 1.99. The van der Waals surface area contributed by atoms with Gasteiger partial charge in [0.25, 0.3) is 0 Å². The van der Waals surface area contributed by atoms with Crippen molar-refractivity contribution in [1.82, 2.24) is 0 Å². The zero-order chi connectivity index (χ0) is 10.2. The first-order chi connectivity index (χ1) is 6.65. The Morgan fingerprint density at radius 1 is 1.36 bits per heavy atom. The van der Waals surface area contributed by atoms with Crippen LogP contribution in [0.4, 0.5) is 0 Å². The van der Waals surface area contributed by atoms with E-state index in [1.807, 2.05) is 10.8 Å². The molecule has 80 valence electrons. The molecule has 1 heteroatoms. The molecule has 1 aliphatic carbocycles. The van der Waals surface area contributed by atoms with Crippen LogP contribution in [0.3, 0.4) is 0 Å². The van der Waals surface area contributed by atoms with Crippen LogP contribution >= 0.6 is 0 Å². The lowest BCUT2D eigenvalue weighted by Crippen LogP contribution is -2.26. The maximum Gasteiger partial charge on any atom is 0.0760 e. The van der Waals surface area contributed by atoms with Crippen molar-refractivity contribution in [2.75, 3.05) is 0 Å². The molecule has 1 fully saturated rings. The molecule has 1 aliphatic heterocycles. The van der Waals surface area contributed by atoms with E-state index in [-0.39, 0.29) is 0 Å². The summed E-state index contributed by atoms with van der Waals surface area (Å²) in [6.45, 7) is 7.52. The molecule has 1 saturated carbocycles. The number of hydrogen-bond acceptors (Lipinski definition) is 0. The minimum atomic E-state index is -0.923. The van der Waals surface area contributed by atoms with Crippen molar-refractivity contribution < 1.29 is 0 Å². The van der Waals surface area contributed by atoms with E-state index in [4.69, 9.17) is 0 Å². The average Bonchev–Trinajstić information content (AvgIpc) is 2.60. The second-order valence-corrected chi connectivity index (χ2v) is 10.6. The molecular formula is C13H24Si. The monoisotopic (exact) mass is 208 g/mol. The predicted octanol–water partition coefficient (Wildman–Crippen LogP) is 4.53. The third-order valence-electron chi connectivity index (χ3n) is 4.23. The van der Waals surface area contributed by atoms with Crippen molar-refractivity contribution in [3.63, 3.8) is 0 Å². The van der Waals surface area contributed by atoms with E-state index in [1.54, 1.807) is 6.04 Å². The lowest BCUT2D eigenvalue weighted by molar-refractivity contribution is 0.695. The molecule has 0 saturated heterocycles. The molecule has 1 heterocycles. The van der Waals surface area contributed by atoms with Gasteiger partial charge in [0.2, 0.25) is 0 Å². The SMILES string of the molecule is CCCCC1=C2CCCC2C[Si]1(C)C. The predicted molar refractivity (Wildman–Crippen MR) is 66.2 cm³/mol. The number of rotatable bonds is 3. The molecule has 0 bridgehead atoms. The van der Waals surface area contributed by atoms with Crippen molar-refractivity contribution in [3.05, 3.63) is 10.8 Å². The minimum Gasteiger partial charge on any atom is -0.0813 e. The van der Waals surface area contributed by atoms with E-state index in [0.29, 0.717) is 0 Å². The Labute approximate surface area is 89.8 Å². The zero-order valence-corrected chi connectivity index (χ0v) is 11.0. The van der Waals surface area contributed by atoms with Gasteiger partial charge in [0, 0.05) is 0 Å². The fourth-order valence-electron chi connectivity index (χ4n) is 3.57. The highest BCUT2D eigenvalue weighted by Gasteiger charge is 2.41. The van der Waals surface area contributed by atoms with Crippen LogP contribution in [0.1, 0.15) is 45.4 Å². The third kappa shape index (κ3) is 1.71. The Morgan fingerprint density at radius 3 is 2.86 bits per heavy atom. The van der Waals surface area contributed by atoms with Crippen LogP contribution in [0.15, 0.2) is 10.8 Å². The Bertz CT molecular complexity index is 250. The maximum atomic E-state index is 2.60. The molecule has 0 aromatic heterocycles. The summed E-state index contributed by atoms with van der Waals surface area (Å²) >= 11 is 0. The molecule has 0 aromatic carbocycles. The van der Waals surface area contributed by atoms with Crippen molar-refractivity contribution in [3.8, 4) is 0 Å². The van der Waals surface area contributed by atoms with Gasteiger partial charge in [-0.15, -0.1) is 0 Å². The van der Waals surface area contributed by atoms with Crippen LogP contribution in [0.5, 0.6) is 0 Å². The zero-order valence-electron chi connectivity index (χ0n) is 10.0. The third-order valence-corrected chi connectivity index (χ3v) is 7.95. The molecule has 0 N–H and O–H groups in total. The Balaban J connectivity index is 2.17. The summed E-state index contributed by atoms with van der Waals surface area (Å²) in [6, 6.07) is 1.58. The fraction of sp³-hybridized carbons (Fsp3) is 0.846. The lowest BCUT2D eigenvalue weighted by Gasteiger charge is -2.21. The normalized spacial score (nSPS) is 29.8. The Hall–Kier alpha value is -0.0431. The second-order valence-electron chi connectivity index (χ2n) is 5.78. The van der Waals surface area contributed by atoms with Crippen LogP contribution in [-0.2, 0) is 0 Å². The average molecular weight is 208 g/mol. The van der Waals surface area contributed by atoms with E-state index >= 15 is 0 Å². The largest absolute Gasteiger partial charge is 0.0813 e. The number of fused-ring (bicyclic) bond motifs is 1. The van der Waals surface area contributed by atoms with Gasteiger partial charge in [-0.25, -0.2) is 0 Å². The van der Waals surface area contributed by atoms with Crippen molar-refractivity contribution in [1.29, 1.82) is 0 Å². The molecule has 0 radical (unpaired) electrons. The van der Waals surface area contributed by atoms with Crippen LogP contribution in [0.2, 0.25) is 19.1 Å². The summed E-state index contributed by atoms with van der Waals surface area (Å²) < 4.78 is 0. The van der Waals surface area contributed by atoms with Gasteiger partial charge in [0.05, 0.1) is 8.07 Å². The molecule has 0 spiro atoms. The highest BCUT2D eigenvalue weighted by molar-refractivity contribution is 6.85. The maximum absolute atomic E-state index is 2.60. The van der Waals surface area contributed by atoms with E-state index in [2.05, 4.69) is 20.0 Å². The van der Waals surface area contributed by atoms with Gasteiger partial charge in [0.1, 0.15) is 0 Å². The summed E-state index contributed by atoms with van der Waals surface area (Å²) in [5.74, 6) is 1.04. The number of unbranched alkanes of at least 4 members (excludes halogenated alkanes) is 1. The van der Waals surface area contributed by atoms with Crippen LogP contribution in [0, 0.1) is 5.92 Å². The summed E-state index contributed by atoms with van der Waals surface area (Å²) in [5.41, 5.74) is 1.94. The smallest absolute Gasteiger partial charge is 0.0760 e. The Morgan fingerprint density at radius 2 is 2.14 bits per heavy atom. The van der Waals surface area contributed by atoms with E-state index in [9.17, 15) is 0 Å². The van der Waals surface area contributed by atoms with E-state index in [0.717, 1.165) is 5.92 Å². The van der Waals surface area contributed by atoms with Crippen molar-refractivity contribution in [2.45, 2.75) is 64.6 Å². The minimum absolute atomic E-state index is 0.923.